The van der Waals surface area contributed by atoms with Gasteiger partial charge < -0.3 is 14.1 Å². The fourth-order valence-corrected chi connectivity index (χ4v) is 4.98. The Labute approximate surface area is 182 Å². The first-order valence-electron chi connectivity index (χ1n) is 9.84. The third-order valence-electron chi connectivity index (χ3n) is 5.42. The van der Waals surface area contributed by atoms with Crippen LogP contribution in [0.25, 0.3) is 21.9 Å². The van der Waals surface area contributed by atoms with Crippen molar-refractivity contribution in [1.29, 1.82) is 0 Å². The number of aromatic nitrogens is 1. The number of carbonyl (C=O) groups is 1. The van der Waals surface area contributed by atoms with Gasteiger partial charge in [-0.3, -0.25) is 9.78 Å². The molecule has 1 aliphatic rings. The summed E-state index contributed by atoms with van der Waals surface area (Å²) >= 11 is 0. The summed E-state index contributed by atoms with van der Waals surface area (Å²) in [7, 11) is -3.07. The van der Waals surface area contributed by atoms with Gasteiger partial charge in [-0.1, -0.05) is 6.07 Å². The minimum absolute atomic E-state index is 0.0336. The van der Waals surface area contributed by atoms with E-state index in [4.69, 9.17) is 9.15 Å². The molecule has 1 aliphatic heterocycles. The van der Waals surface area contributed by atoms with Crippen molar-refractivity contribution in [2.45, 2.75) is 11.3 Å². The van der Waals surface area contributed by atoms with Gasteiger partial charge in [0.2, 0.25) is 0 Å². The van der Waals surface area contributed by atoms with Crippen LogP contribution in [0, 0.1) is 5.82 Å². The van der Waals surface area contributed by atoms with Crippen LogP contribution in [0.3, 0.4) is 0 Å². The molecule has 1 N–H and O–H groups in total. The average Bonchev–Trinajstić information content (AvgIpc) is 3.16. The highest BCUT2D eigenvalue weighted by Crippen LogP contribution is 2.32. The number of amides is 1. The Hall–Kier alpha value is -3.66. The Bertz CT molecular complexity index is 1480. The Morgan fingerprint density at radius 1 is 1.22 bits per heavy atom. The van der Waals surface area contributed by atoms with Gasteiger partial charge in [0, 0.05) is 42.5 Å². The van der Waals surface area contributed by atoms with Crippen LogP contribution < -0.4 is 14.4 Å². The first kappa shape index (κ1) is 20.3. The van der Waals surface area contributed by atoms with Gasteiger partial charge in [-0.15, -0.1) is 0 Å². The Balaban J connectivity index is 1.52. The predicted molar refractivity (Wildman–Crippen MR) is 116 cm³/mol. The molecule has 0 saturated carbocycles. The normalized spacial score (nSPS) is 13.9. The van der Waals surface area contributed by atoms with Gasteiger partial charge in [0.1, 0.15) is 17.1 Å². The minimum atomic E-state index is -4.39. The Morgan fingerprint density at radius 2 is 2.03 bits per heavy atom. The summed E-state index contributed by atoms with van der Waals surface area (Å²) in [5, 5.41) is 0.659. The summed E-state index contributed by atoms with van der Waals surface area (Å²) in [5.41, 5.74) is 0.975. The van der Waals surface area contributed by atoms with Gasteiger partial charge in [0.05, 0.1) is 18.0 Å². The number of pyridine rings is 1. The standard InChI is InChI=1S/C22H18FN3O5S/c1-30-17-6-5-13-4-2-7-24-20(13)21(17)32(28,29)25-22(27)19-12-15-16(23)10-14(11-18(15)31-19)26-8-3-9-26/h2,4-7,10-12H,3,8-9H2,1H3,(H,25,27). The van der Waals surface area contributed by atoms with Crippen molar-refractivity contribution >= 4 is 43.5 Å². The molecule has 0 spiro atoms. The van der Waals surface area contributed by atoms with E-state index in [0.29, 0.717) is 11.1 Å². The number of furan rings is 1. The highest BCUT2D eigenvalue weighted by Gasteiger charge is 2.28. The molecule has 1 fully saturated rings. The summed E-state index contributed by atoms with van der Waals surface area (Å²) in [4.78, 5) is 18.6. The van der Waals surface area contributed by atoms with Gasteiger partial charge in [-0.05, 0) is 30.7 Å². The zero-order valence-electron chi connectivity index (χ0n) is 17.0. The predicted octanol–water partition coefficient (Wildman–Crippen LogP) is 3.46. The van der Waals surface area contributed by atoms with E-state index in [1.807, 2.05) is 9.62 Å². The van der Waals surface area contributed by atoms with E-state index in [9.17, 15) is 17.6 Å². The molecule has 0 unspecified atom stereocenters. The summed E-state index contributed by atoms with van der Waals surface area (Å²) in [6, 6.07) is 10.7. The molecule has 0 bridgehead atoms. The summed E-state index contributed by atoms with van der Waals surface area (Å²) in [6.07, 6.45) is 2.47. The van der Waals surface area contributed by atoms with Crippen molar-refractivity contribution in [3.05, 3.63) is 60.2 Å². The van der Waals surface area contributed by atoms with Crippen LogP contribution in [-0.2, 0) is 10.0 Å². The van der Waals surface area contributed by atoms with E-state index in [1.165, 1.54) is 31.5 Å². The number of nitrogens with one attached hydrogen (secondary N) is 1. The Morgan fingerprint density at radius 3 is 2.75 bits per heavy atom. The molecule has 0 aliphatic carbocycles. The second-order valence-electron chi connectivity index (χ2n) is 7.40. The third kappa shape index (κ3) is 3.32. The molecule has 32 heavy (non-hydrogen) atoms. The lowest BCUT2D eigenvalue weighted by atomic mass is 10.1. The molecule has 1 amide bonds. The number of carbonyl (C=O) groups excluding carboxylic acids is 1. The molecular weight excluding hydrogens is 437 g/mol. The number of benzene rings is 2. The molecule has 8 nitrogen and oxygen atoms in total. The van der Waals surface area contributed by atoms with Crippen LogP contribution in [0.15, 0.2) is 58.0 Å². The van der Waals surface area contributed by atoms with E-state index in [0.717, 1.165) is 19.5 Å². The SMILES string of the molecule is COc1ccc2cccnc2c1S(=O)(=O)NC(=O)c1cc2c(F)cc(N3CCC3)cc2o1. The van der Waals surface area contributed by atoms with Crippen LogP contribution in [0.4, 0.5) is 10.1 Å². The lowest BCUT2D eigenvalue weighted by molar-refractivity contribution is 0.0956. The van der Waals surface area contributed by atoms with Crippen LogP contribution in [0.5, 0.6) is 5.75 Å². The molecule has 5 rings (SSSR count). The van der Waals surface area contributed by atoms with E-state index in [-0.39, 0.29) is 32.9 Å². The molecule has 3 heterocycles. The summed E-state index contributed by atoms with van der Waals surface area (Å²) in [6.45, 7) is 1.64. The van der Waals surface area contributed by atoms with E-state index in [1.54, 1.807) is 24.3 Å². The summed E-state index contributed by atoms with van der Waals surface area (Å²) in [5.74, 6) is -1.86. The maximum Gasteiger partial charge on any atom is 0.300 e. The highest BCUT2D eigenvalue weighted by molar-refractivity contribution is 7.90. The van der Waals surface area contributed by atoms with Crippen LogP contribution >= 0.6 is 0 Å². The van der Waals surface area contributed by atoms with Gasteiger partial charge in [0.25, 0.3) is 10.0 Å². The smallest absolute Gasteiger partial charge is 0.300 e. The fraction of sp³-hybridized carbons (Fsp3) is 0.182. The van der Waals surface area contributed by atoms with Crippen molar-refractivity contribution < 1.29 is 26.8 Å². The molecule has 2 aromatic heterocycles. The number of hydrogen-bond acceptors (Lipinski definition) is 7. The summed E-state index contributed by atoms with van der Waals surface area (Å²) < 4.78 is 53.5. The van der Waals surface area contributed by atoms with E-state index in [2.05, 4.69) is 4.98 Å². The van der Waals surface area contributed by atoms with Crippen molar-refractivity contribution in [1.82, 2.24) is 9.71 Å². The molecule has 4 aromatic rings. The number of halogens is 1. The van der Waals surface area contributed by atoms with Crippen molar-refractivity contribution in [2.75, 3.05) is 25.1 Å². The first-order valence-corrected chi connectivity index (χ1v) is 11.3. The molecule has 2 aromatic carbocycles. The molecule has 10 heteroatoms. The number of methoxy groups -OCH3 is 1. The number of nitrogens with zero attached hydrogens (tertiary/aromatic N) is 2. The molecule has 1 saturated heterocycles. The van der Waals surface area contributed by atoms with Crippen molar-refractivity contribution in [3.8, 4) is 5.75 Å². The third-order valence-corrected chi connectivity index (χ3v) is 6.81. The second kappa shape index (κ2) is 7.49. The molecule has 0 radical (unpaired) electrons. The maximum atomic E-state index is 14.6. The van der Waals surface area contributed by atoms with E-state index >= 15 is 0 Å². The Kier molecular flexibility index (Phi) is 4.74. The van der Waals surface area contributed by atoms with Crippen molar-refractivity contribution in [3.63, 3.8) is 0 Å². The molecule has 0 atom stereocenters. The number of sulfonamides is 1. The van der Waals surface area contributed by atoms with Crippen LogP contribution in [0.2, 0.25) is 0 Å². The topological polar surface area (TPSA) is 102 Å². The average molecular weight is 455 g/mol. The molecule has 164 valence electrons. The number of fused-ring (bicyclic) bond motifs is 2. The largest absolute Gasteiger partial charge is 0.495 e. The molecular formula is C22H18FN3O5S. The monoisotopic (exact) mass is 455 g/mol. The minimum Gasteiger partial charge on any atom is -0.495 e. The van der Waals surface area contributed by atoms with Crippen LogP contribution in [0.1, 0.15) is 17.0 Å². The highest BCUT2D eigenvalue weighted by atomic mass is 32.2. The fourth-order valence-electron chi connectivity index (χ4n) is 3.70. The maximum absolute atomic E-state index is 14.6. The number of anilines is 1. The zero-order chi connectivity index (χ0) is 22.5. The van der Waals surface area contributed by atoms with Crippen molar-refractivity contribution in [2.24, 2.45) is 0 Å². The quantitative estimate of drug-likeness (QED) is 0.492. The number of ether oxygens (including phenoxy) is 1. The van der Waals surface area contributed by atoms with E-state index < -0.39 is 21.7 Å². The van der Waals surface area contributed by atoms with Gasteiger partial charge >= 0.3 is 5.91 Å². The number of hydrogen-bond donors (Lipinski definition) is 1. The van der Waals surface area contributed by atoms with Gasteiger partial charge in [-0.25, -0.2) is 17.5 Å². The van der Waals surface area contributed by atoms with Crippen LogP contribution in [-0.4, -0.2) is 39.5 Å². The van der Waals surface area contributed by atoms with Gasteiger partial charge in [-0.2, -0.15) is 0 Å². The van der Waals surface area contributed by atoms with Gasteiger partial charge in [0.15, 0.2) is 10.7 Å². The zero-order valence-corrected chi connectivity index (χ0v) is 17.8. The number of rotatable bonds is 5. The lowest BCUT2D eigenvalue weighted by Crippen LogP contribution is -2.36. The first-order chi connectivity index (χ1) is 15.4. The second-order valence-corrected chi connectivity index (χ2v) is 9.02. The lowest BCUT2D eigenvalue weighted by Gasteiger charge is -2.33.